The van der Waals surface area contributed by atoms with Gasteiger partial charge >= 0.3 is 0 Å². The van der Waals surface area contributed by atoms with Crippen molar-refractivity contribution in [3.05, 3.63) is 88.2 Å². The minimum Gasteiger partial charge on any atom is -0.348 e. The smallest absolute Gasteiger partial charge is 0.265 e. The van der Waals surface area contributed by atoms with Gasteiger partial charge in [0.05, 0.1) is 10.7 Å². The molecule has 1 heterocycles. The van der Waals surface area contributed by atoms with E-state index in [0.717, 1.165) is 9.87 Å². The van der Waals surface area contributed by atoms with Gasteiger partial charge in [-0.25, -0.2) is 8.42 Å². The Labute approximate surface area is 179 Å². The number of pyridine rings is 1. The molecule has 0 aliphatic heterocycles. The topological polar surface area (TPSA) is 79.4 Å². The minimum absolute atomic E-state index is 0.0245. The predicted octanol–water partition coefficient (Wildman–Crippen LogP) is 4.14. The number of benzene rings is 2. The lowest BCUT2D eigenvalue weighted by Crippen LogP contribution is -2.28. The number of nitrogens with zero attached hydrogens (tertiary/aromatic N) is 2. The molecule has 0 saturated carbocycles. The molecule has 1 N–H and O–H groups in total. The molecule has 2 aromatic carbocycles. The third-order valence-corrected chi connectivity index (χ3v) is 6.74. The molecule has 3 rings (SSSR count). The molecule has 0 radical (unpaired) electrons. The SMILES string of the molecule is CN(c1ccc(Cl)cc1)S(=O)(=O)c1cc(C(=O)NCc2ccncc2)ccc1Cl. The first-order valence-corrected chi connectivity index (χ1v) is 10.7. The first-order valence-electron chi connectivity index (χ1n) is 8.50. The lowest BCUT2D eigenvalue weighted by molar-refractivity contribution is 0.0950. The molecule has 6 nitrogen and oxygen atoms in total. The van der Waals surface area contributed by atoms with Crippen molar-refractivity contribution in [2.75, 3.05) is 11.4 Å². The summed E-state index contributed by atoms with van der Waals surface area (Å²) < 4.78 is 27.2. The second-order valence-electron chi connectivity index (χ2n) is 6.13. The summed E-state index contributed by atoms with van der Waals surface area (Å²) in [6, 6.07) is 14.0. The van der Waals surface area contributed by atoms with Crippen LogP contribution in [-0.4, -0.2) is 26.4 Å². The van der Waals surface area contributed by atoms with Crippen LogP contribution in [0.15, 0.2) is 71.9 Å². The quantitative estimate of drug-likeness (QED) is 0.612. The van der Waals surface area contributed by atoms with E-state index >= 15 is 0 Å². The van der Waals surface area contributed by atoms with Crippen LogP contribution in [0.5, 0.6) is 0 Å². The Morgan fingerprint density at radius 3 is 2.34 bits per heavy atom. The van der Waals surface area contributed by atoms with E-state index in [1.165, 1.54) is 25.2 Å². The predicted molar refractivity (Wildman–Crippen MR) is 114 cm³/mol. The second kappa shape index (κ2) is 8.82. The highest BCUT2D eigenvalue weighted by molar-refractivity contribution is 7.93. The molecule has 3 aromatic rings. The molecule has 0 atom stereocenters. The van der Waals surface area contributed by atoms with E-state index in [0.29, 0.717) is 10.7 Å². The molecular formula is C20H17Cl2N3O3S. The lowest BCUT2D eigenvalue weighted by atomic mass is 10.2. The van der Waals surface area contributed by atoms with Crippen molar-refractivity contribution in [3.63, 3.8) is 0 Å². The van der Waals surface area contributed by atoms with Gasteiger partial charge in [0.2, 0.25) is 0 Å². The Morgan fingerprint density at radius 1 is 1.03 bits per heavy atom. The number of halogens is 2. The Kier molecular flexibility index (Phi) is 6.42. The Hall–Kier alpha value is -2.61. The number of aromatic nitrogens is 1. The molecule has 0 aliphatic rings. The van der Waals surface area contributed by atoms with Crippen LogP contribution < -0.4 is 9.62 Å². The standard InChI is InChI=1S/C20H17Cl2N3O3S/c1-25(17-5-3-16(21)4-6-17)29(27,28)19-12-15(2-7-18(19)22)20(26)24-13-14-8-10-23-11-9-14/h2-12H,13H2,1H3,(H,24,26). The number of hydrogen-bond acceptors (Lipinski definition) is 4. The van der Waals surface area contributed by atoms with Crippen molar-refractivity contribution in [1.29, 1.82) is 0 Å². The average molecular weight is 450 g/mol. The number of nitrogens with one attached hydrogen (secondary N) is 1. The van der Waals surface area contributed by atoms with Gasteiger partial charge in [-0.3, -0.25) is 14.1 Å². The molecule has 1 amide bonds. The van der Waals surface area contributed by atoms with Crippen LogP contribution in [0.2, 0.25) is 10.0 Å². The Bertz CT molecular complexity index is 1120. The van der Waals surface area contributed by atoms with E-state index in [4.69, 9.17) is 23.2 Å². The molecule has 0 fully saturated rings. The maximum Gasteiger partial charge on any atom is 0.265 e. The summed E-state index contributed by atoms with van der Waals surface area (Å²) >= 11 is 12.0. The maximum atomic E-state index is 13.1. The van der Waals surface area contributed by atoms with E-state index in [2.05, 4.69) is 10.3 Å². The first kappa shape index (κ1) is 21.1. The molecule has 0 saturated heterocycles. The fourth-order valence-electron chi connectivity index (χ4n) is 2.56. The van der Waals surface area contributed by atoms with Gasteiger partial charge in [0.25, 0.3) is 15.9 Å². The lowest BCUT2D eigenvalue weighted by Gasteiger charge is -2.20. The molecule has 0 bridgehead atoms. The largest absolute Gasteiger partial charge is 0.348 e. The van der Waals surface area contributed by atoms with Gasteiger partial charge < -0.3 is 5.32 Å². The van der Waals surface area contributed by atoms with Crippen molar-refractivity contribution >= 4 is 44.8 Å². The highest BCUT2D eigenvalue weighted by Crippen LogP contribution is 2.29. The number of sulfonamides is 1. The van der Waals surface area contributed by atoms with E-state index in [-0.39, 0.29) is 22.0 Å². The van der Waals surface area contributed by atoms with Gasteiger partial charge in [0, 0.05) is 36.6 Å². The van der Waals surface area contributed by atoms with Gasteiger partial charge in [0.15, 0.2) is 0 Å². The van der Waals surface area contributed by atoms with Crippen LogP contribution in [0.25, 0.3) is 0 Å². The summed E-state index contributed by atoms with van der Waals surface area (Å²) in [6.07, 6.45) is 3.25. The van der Waals surface area contributed by atoms with Gasteiger partial charge in [-0.15, -0.1) is 0 Å². The zero-order valence-electron chi connectivity index (χ0n) is 15.3. The summed E-state index contributed by atoms with van der Waals surface area (Å²) in [6.45, 7) is 0.288. The molecule has 29 heavy (non-hydrogen) atoms. The number of rotatable bonds is 6. The van der Waals surface area contributed by atoms with E-state index in [1.54, 1.807) is 48.8 Å². The van der Waals surface area contributed by atoms with E-state index in [1.807, 2.05) is 0 Å². The average Bonchev–Trinajstić information content (AvgIpc) is 2.73. The molecule has 1 aromatic heterocycles. The fourth-order valence-corrected chi connectivity index (χ4v) is 4.39. The molecule has 0 spiro atoms. The minimum atomic E-state index is -3.99. The summed E-state index contributed by atoms with van der Waals surface area (Å²) in [4.78, 5) is 16.3. The summed E-state index contributed by atoms with van der Waals surface area (Å²) in [5, 5.41) is 3.26. The van der Waals surface area contributed by atoms with Crippen LogP contribution >= 0.6 is 23.2 Å². The zero-order valence-corrected chi connectivity index (χ0v) is 17.7. The van der Waals surface area contributed by atoms with Crippen LogP contribution in [0.1, 0.15) is 15.9 Å². The first-order chi connectivity index (χ1) is 13.8. The second-order valence-corrected chi connectivity index (χ2v) is 8.91. The van der Waals surface area contributed by atoms with Crippen molar-refractivity contribution in [3.8, 4) is 0 Å². The van der Waals surface area contributed by atoms with Gasteiger partial charge in [0.1, 0.15) is 4.90 Å². The van der Waals surface area contributed by atoms with Crippen LogP contribution in [-0.2, 0) is 16.6 Å². The number of hydrogen-bond donors (Lipinski definition) is 1. The highest BCUT2D eigenvalue weighted by Gasteiger charge is 2.25. The maximum absolute atomic E-state index is 13.1. The fraction of sp³-hybridized carbons (Fsp3) is 0.100. The van der Waals surface area contributed by atoms with Crippen LogP contribution in [0, 0.1) is 0 Å². The monoisotopic (exact) mass is 449 g/mol. The van der Waals surface area contributed by atoms with Gasteiger partial charge in [-0.1, -0.05) is 23.2 Å². The summed E-state index contributed by atoms with van der Waals surface area (Å²) in [7, 11) is -2.58. The van der Waals surface area contributed by atoms with Crippen LogP contribution in [0.4, 0.5) is 5.69 Å². The number of carbonyl (C=O) groups excluding carboxylic acids is 1. The Morgan fingerprint density at radius 2 is 1.69 bits per heavy atom. The van der Waals surface area contributed by atoms with Gasteiger partial charge in [-0.05, 0) is 60.2 Å². The van der Waals surface area contributed by atoms with Crippen molar-refractivity contribution in [1.82, 2.24) is 10.3 Å². The van der Waals surface area contributed by atoms with E-state index < -0.39 is 15.9 Å². The number of amides is 1. The number of anilines is 1. The van der Waals surface area contributed by atoms with E-state index in [9.17, 15) is 13.2 Å². The van der Waals surface area contributed by atoms with Gasteiger partial charge in [-0.2, -0.15) is 0 Å². The number of carbonyl (C=O) groups is 1. The Balaban J connectivity index is 1.85. The van der Waals surface area contributed by atoms with Crippen molar-refractivity contribution in [2.24, 2.45) is 0 Å². The summed E-state index contributed by atoms with van der Waals surface area (Å²) in [5.74, 6) is -0.413. The van der Waals surface area contributed by atoms with Crippen LogP contribution in [0.3, 0.4) is 0 Å². The van der Waals surface area contributed by atoms with Crippen molar-refractivity contribution in [2.45, 2.75) is 11.4 Å². The third-order valence-electron chi connectivity index (χ3n) is 4.22. The highest BCUT2D eigenvalue weighted by atomic mass is 35.5. The normalized spacial score (nSPS) is 11.1. The zero-order chi connectivity index (χ0) is 21.0. The molecule has 0 unspecified atom stereocenters. The molecule has 9 heteroatoms. The molecular weight excluding hydrogens is 433 g/mol. The molecule has 150 valence electrons. The van der Waals surface area contributed by atoms with Crippen molar-refractivity contribution < 1.29 is 13.2 Å². The third kappa shape index (κ3) is 4.87. The molecule has 0 aliphatic carbocycles. The summed E-state index contributed by atoms with van der Waals surface area (Å²) in [5.41, 5.74) is 1.47.